The molecule has 0 bridgehead atoms. The summed E-state index contributed by atoms with van der Waals surface area (Å²) in [4.78, 5) is 25.3. The van der Waals surface area contributed by atoms with E-state index in [0.717, 1.165) is 11.8 Å². The zero-order valence-corrected chi connectivity index (χ0v) is 13.1. The van der Waals surface area contributed by atoms with Crippen LogP contribution in [0.1, 0.15) is 17.9 Å². The van der Waals surface area contributed by atoms with Crippen molar-refractivity contribution in [2.24, 2.45) is 5.92 Å². The number of hydrogen-bond acceptors (Lipinski definition) is 3. The first kappa shape index (κ1) is 16.2. The van der Waals surface area contributed by atoms with Gasteiger partial charge in [-0.25, -0.2) is 9.18 Å². The molecule has 1 saturated heterocycles. The van der Waals surface area contributed by atoms with E-state index in [4.69, 9.17) is 4.74 Å². The monoisotopic (exact) mass is 327 g/mol. The number of carbonyl (C=O) groups excluding carboxylic acids is 2. The van der Waals surface area contributed by atoms with E-state index in [-0.39, 0.29) is 17.7 Å². The van der Waals surface area contributed by atoms with Crippen LogP contribution < -0.4 is 4.74 Å². The molecule has 2 aromatic rings. The van der Waals surface area contributed by atoms with Crippen molar-refractivity contribution in [3.05, 3.63) is 66.0 Å². The predicted molar refractivity (Wildman–Crippen MR) is 87.4 cm³/mol. The molecule has 124 valence electrons. The minimum atomic E-state index is -0.453. The maximum Gasteiger partial charge on any atom is 0.415 e. The van der Waals surface area contributed by atoms with Gasteiger partial charge in [0.2, 0.25) is 0 Å². The lowest BCUT2D eigenvalue weighted by atomic mass is 9.81. The minimum Gasteiger partial charge on any atom is -0.410 e. The molecule has 0 aliphatic carbocycles. The molecule has 1 aliphatic rings. The van der Waals surface area contributed by atoms with Crippen LogP contribution in [-0.2, 0) is 4.79 Å². The van der Waals surface area contributed by atoms with Gasteiger partial charge in [-0.2, -0.15) is 0 Å². The minimum absolute atomic E-state index is 0.0103. The Bertz CT molecular complexity index is 702. The molecule has 1 fully saturated rings. The molecular weight excluding hydrogens is 309 g/mol. The largest absolute Gasteiger partial charge is 0.415 e. The molecular formula is C19H18FNO3. The van der Waals surface area contributed by atoms with E-state index in [1.54, 1.807) is 41.3 Å². The Balaban J connectivity index is 1.67. The van der Waals surface area contributed by atoms with Crippen molar-refractivity contribution in [1.29, 1.82) is 0 Å². The maximum absolute atomic E-state index is 13.1. The molecule has 5 heteroatoms. The summed E-state index contributed by atoms with van der Waals surface area (Å²) in [6, 6.07) is 15.0. The van der Waals surface area contributed by atoms with Crippen molar-refractivity contribution in [3.63, 3.8) is 0 Å². The van der Waals surface area contributed by atoms with Gasteiger partial charge in [0.15, 0.2) is 0 Å². The summed E-state index contributed by atoms with van der Waals surface area (Å²) in [5.74, 6) is -0.160. The number of nitrogens with zero attached hydrogens (tertiary/aromatic N) is 1. The van der Waals surface area contributed by atoms with Crippen LogP contribution in [0.5, 0.6) is 5.75 Å². The van der Waals surface area contributed by atoms with E-state index >= 15 is 0 Å². The number of benzene rings is 2. The van der Waals surface area contributed by atoms with Crippen molar-refractivity contribution in [2.45, 2.75) is 12.3 Å². The number of amides is 1. The first-order valence-electron chi connectivity index (χ1n) is 7.90. The number of halogens is 1. The number of aldehydes is 1. The molecule has 4 nitrogen and oxygen atoms in total. The average Bonchev–Trinajstić information content (AvgIpc) is 2.62. The van der Waals surface area contributed by atoms with Crippen LogP contribution in [0.15, 0.2) is 54.6 Å². The number of rotatable bonds is 3. The smallest absolute Gasteiger partial charge is 0.410 e. The zero-order chi connectivity index (χ0) is 16.9. The molecule has 2 aromatic carbocycles. The van der Waals surface area contributed by atoms with Gasteiger partial charge in [-0.1, -0.05) is 30.3 Å². The van der Waals surface area contributed by atoms with Crippen LogP contribution in [-0.4, -0.2) is 30.4 Å². The van der Waals surface area contributed by atoms with Gasteiger partial charge in [0, 0.05) is 19.0 Å². The lowest BCUT2D eigenvalue weighted by Crippen LogP contribution is -2.44. The fourth-order valence-corrected chi connectivity index (χ4v) is 3.06. The highest BCUT2D eigenvalue weighted by molar-refractivity contribution is 5.72. The molecule has 0 radical (unpaired) electrons. The van der Waals surface area contributed by atoms with Gasteiger partial charge in [0.25, 0.3) is 0 Å². The van der Waals surface area contributed by atoms with Crippen molar-refractivity contribution < 1.29 is 18.7 Å². The molecule has 0 spiro atoms. The van der Waals surface area contributed by atoms with E-state index in [2.05, 4.69) is 0 Å². The van der Waals surface area contributed by atoms with E-state index in [0.29, 0.717) is 25.3 Å². The molecule has 0 aromatic heterocycles. The summed E-state index contributed by atoms with van der Waals surface area (Å²) >= 11 is 0. The lowest BCUT2D eigenvalue weighted by molar-refractivity contribution is -0.112. The van der Waals surface area contributed by atoms with Crippen LogP contribution in [0.2, 0.25) is 0 Å². The van der Waals surface area contributed by atoms with Crippen LogP contribution in [0.3, 0.4) is 0 Å². The highest BCUT2D eigenvalue weighted by Crippen LogP contribution is 2.32. The van der Waals surface area contributed by atoms with Gasteiger partial charge in [-0.3, -0.25) is 0 Å². The van der Waals surface area contributed by atoms with Crippen molar-refractivity contribution in [1.82, 2.24) is 4.90 Å². The third-order valence-electron chi connectivity index (χ3n) is 4.34. The summed E-state index contributed by atoms with van der Waals surface area (Å²) in [7, 11) is 0. The quantitative estimate of drug-likeness (QED) is 0.809. The topological polar surface area (TPSA) is 46.6 Å². The lowest BCUT2D eigenvalue weighted by Gasteiger charge is -2.35. The second kappa shape index (κ2) is 7.25. The number of likely N-dealkylation sites (tertiary alicyclic amines) is 1. The predicted octanol–water partition coefficient (Wildman–Crippen LogP) is 3.63. The van der Waals surface area contributed by atoms with Gasteiger partial charge >= 0.3 is 6.09 Å². The fourth-order valence-electron chi connectivity index (χ4n) is 3.06. The Morgan fingerprint density at radius 2 is 1.83 bits per heavy atom. The van der Waals surface area contributed by atoms with E-state index in [1.165, 1.54) is 12.1 Å². The Labute approximate surface area is 139 Å². The fraction of sp³-hybridized carbons (Fsp3) is 0.263. The second-order valence-electron chi connectivity index (χ2n) is 5.87. The molecule has 2 atom stereocenters. The summed E-state index contributed by atoms with van der Waals surface area (Å²) in [5, 5.41) is 0. The van der Waals surface area contributed by atoms with E-state index in [9.17, 15) is 14.0 Å². The van der Waals surface area contributed by atoms with Crippen molar-refractivity contribution in [3.8, 4) is 5.75 Å². The van der Waals surface area contributed by atoms with Crippen LogP contribution in [0.25, 0.3) is 0 Å². The first-order chi connectivity index (χ1) is 11.7. The van der Waals surface area contributed by atoms with Gasteiger partial charge in [0.1, 0.15) is 17.9 Å². The van der Waals surface area contributed by atoms with Crippen LogP contribution in [0.4, 0.5) is 9.18 Å². The maximum atomic E-state index is 13.1. The van der Waals surface area contributed by atoms with E-state index < -0.39 is 6.09 Å². The molecule has 1 amide bonds. The highest BCUT2D eigenvalue weighted by atomic mass is 19.1. The summed E-state index contributed by atoms with van der Waals surface area (Å²) in [6.07, 6.45) is 1.06. The highest BCUT2D eigenvalue weighted by Gasteiger charge is 2.33. The number of piperidine rings is 1. The third kappa shape index (κ3) is 3.62. The van der Waals surface area contributed by atoms with Crippen molar-refractivity contribution in [2.75, 3.05) is 13.1 Å². The van der Waals surface area contributed by atoms with Crippen LogP contribution >= 0.6 is 0 Å². The Kier molecular flexibility index (Phi) is 4.89. The number of hydrogen-bond donors (Lipinski definition) is 0. The standard InChI is InChI=1S/C19H18FNO3/c20-16-8-6-14(7-9-16)18-10-11-21(12-15(18)13-22)19(23)24-17-4-2-1-3-5-17/h1-9,13,15,18H,10-12H2. The molecule has 0 saturated carbocycles. The molecule has 3 rings (SSSR count). The molecule has 2 unspecified atom stereocenters. The molecule has 0 N–H and O–H groups in total. The second-order valence-corrected chi connectivity index (χ2v) is 5.87. The SMILES string of the molecule is O=CC1CN(C(=O)Oc2ccccc2)CCC1c1ccc(F)cc1. The summed E-state index contributed by atoms with van der Waals surface area (Å²) < 4.78 is 18.4. The average molecular weight is 327 g/mol. The van der Waals surface area contributed by atoms with Gasteiger partial charge in [0.05, 0.1) is 0 Å². The molecule has 24 heavy (non-hydrogen) atoms. The Hall–Kier alpha value is -2.69. The van der Waals surface area contributed by atoms with E-state index in [1.807, 2.05) is 6.07 Å². The van der Waals surface area contributed by atoms with Crippen LogP contribution in [0, 0.1) is 11.7 Å². The Morgan fingerprint density at radius 1 is 1.12 bits per heavy atom. The molecule has 1 aliphatic heterocycles. The van der Waals surface area contributed by atoms with Gasteiger partial charge in [-0.05, 0) is 42.2 Å². The number of para-hydroxylation sites is 1. The summed E-state index contributed by atoms with van der Waals surface area (Å²) in [6.45, 7) is 0.801. The third-order valence-corrected chi connectivity index (χ3v) is 4.34. The normalized spacial score (nSPS) is 20.5. The molecule has 1 heterocycles. The zero-order valence-electron chi connectivity index (χ0n) is 13.1. The first-order valence-corrected chi connectivity index (χ1v) is 7.90. The Morgan fingerprint density at radius 3 is 2.50 bits per heavy atom. The number of carbonyl (C=O) groups is 2. The van der Waals surface area contributed by atoms with Gasteiger partial charge in [-0.15, -0.1) is 0 Å². The van der Waals surface area contributed by atoms with Crippen molar-refractivity contribution >= 4 is 12.4 Å². The summed E-state index contributed by atoms with van der Waals surface area (Å²) in [5.41, 5.74) is 0.921. The number of ether oxygens (including phenoxy) is 1. The van der Waals surface area contributed by atoms with Gasteiger partial charge < -0.3 is 14.4 Å².